The number of hydrogen-bond acceptors (Lipinski definition) is 4. The minimum absolute atomic E-state index is 0.489. The fraction of sp³-hybridized carbons (Fsp3) is 0.143. The summed E-state index contributed by atoms with van der Waals surface area (Å²) in [5.74, 6) is 1.59. The predicted molar refractivity (Wildman–Crippen MR) is 85.6 cm³/mol. The molecule has 2 heterocycles. The monoisotopic (exact) mass is 339 g/mol. The highest BCUT2D eigenvalue weighted by atomic mass is 35.5. The highest BCUT2D eigenvalue weighted by molar-refractivity contribution is 7.98. The minimum atomic E-state index is 0.489. The molecule has 0 aliphatic heterocycles. The lowest BCUT2D eigenvalue weighted by Crippen LogP contribution is -1.90. The average Bonchev–Trinajstić information content (AvgIpc) is 2.88. The molecule has 7 heteroatoms. The van der Waals surface area contributed by atoms with Crippen molar-refractivity contribution in [1.29, 1.82) is 0 Å². The molecule has 0 spiro atoms. The summed E-state index contributed by atoms with van der Waals surface area (Å²) in [5, 5.41) is 10.0. The van der Waals surface area contributed by atoms with E-state index in [-0.39, 0.29) is 0 Å². The van der Waals surface area contributed by atoms with E-state index in [2.05, 4.69) is 10.2 Å². The summed E-state index contributed by atoms with van der Waals surface area (Å²) in [6.45, 7) is 0. The quantitative estimate of drug-likeness (QED) is 0.663. The summed E-state index contributed by atoms with van der Waals surface area (Å²) in [5.41, 5.74) is 1.75. The number of hydrogen-bond donors (Lipinski definition) is 0. The third kappa shape index (κ3) is 3.10. The second kappa shape index (κ2) is 6.13. The van der Waals surface area contributed by atoms with Crippen molar-refractivity contribution in [3.63, 3.8) is 0 Å². The van der Waals surface area contributed by atoms with Gasteiger partial charge in [-0.05, 0) is 23.8 Å². The lowest BCUT2D eigenvalue weighted by Gasteiger charge is -2.04. The number of fused-ring (bicyclic) bond motifs is 1. The molecule has 0 N–H and O–H groups in total. The van der Waals surface area contributed by atoms with Gasteiger partial charge in [-0.3, -0.25) is 4.40 Å². The summed E-state index contributed by atoms with van der Waals surface area (Å²) in [4.78, 5) is 0. The van der Waals surface area contributed by atoms with Crippen LogP contribution < -0.4 is 4.74 Å². The number of aromatic nitrogens is 3. The van der Waals surface area contributed by atoms with Gasteiger partial charge in [0, 0.05) is 11.9 Å². The van der Waals surface area contributed by atoms with Crippen LogP contribution in [0.2, 0.25) is 10.0 Å². The molecule has 0 fully saturated rings. The first kappa shape index (κ1) is 14.5. The second-order valence-corrected chi connectivity index (χ2v) is 6.11. The Balaban J connectivity index is 1.85. The van der Waals surface area contributed by atoms with Crippen LogP contribution in [-0.4, -0.2) is 21.7 Å². The van der Waals surface area contributed by atoms with Crippen molar-refractivity contribution in [3.8, 4) is 5.75 Å². The molecule has 3 rings (SSSR count). The number of ether oxygens (including phenoxy) is 1. The Morgan fingerprint density at radius 2 is 2.10 bits per heavy atom. The molecule has 0 saturated carbocycles. The van der Waals surface area contributed by atoms with Gasteiger partial charge in [-0.25, -0.2) is 0 Å². The Bertz CT molecular complexity index is 791. The molecule has 0 aliphatic rings. The zero-order valence-electron chi connectivity index (χ0n) is 11.1. The molecule has 108 valence electrons. The fourth-order valence-electron chi connectivity index (χ4n) is 1.91. The van der Waals surface area contributed by atoms with E-state index >= 15 is 0 Å². The number of thioether (sulfide) groups is 1. The summed E-state index contributed by atoms with van der Waals surface area (Å²) in [6.07, 6.45) is 1.76. The first-order valence-electron chi connectivity index (χ1n) is 6.13. The molecule has 0 amide bonds. The summed E-state index contributed by atoms with van der Waals surface area (Å²) < 4.78 is 7.02. The number of halogens is 2. The van der Waals surface area contributed by atoms with Gasteiger partial charge in [0.05, 0.1) is 17.2 Å². The standard InChI is InChI=1S/C14H11Cl2N3OS/c1-20-11-4-2-3-9(5-11)8-21-14-18-17-13-12(16)6-10(15)7-19(13)14/h2-7H,8H2,1H3. The van der Waals surface area contributed by atoms with Crippen molar-refractivity contribution in [2.75, 3.05) is 7.11 Å². The van der Waals surface area contributed by atoms with Crippen molar-refractivity contribution in [2.45, 2.75) is 10.9 Å². The van der Waals surface area contributed by atoms with Gasteiger partial charge in [-0.15, -0.1) is 10.2 Å². The number of pyridine rings is 1. The highest BCUT2D eigenvalue weighted by Gasteiger charge is 2.10. The molecule has 2 aromatic heterocycles. The van der Waals surface area contributed by atoms with Crippen molar-refractivity contribution in [2.24, 2.45) is 0 Å². The van der Waals surface area contributed by atoms with E-state index in [1.165, 1.54) is 0 Å². The van der Waals surface area contributed by atoms with Crippen LogP contribution >= 0.6 is 35.0 Å². The van der Waals surface area contributed by atoms with Crippen LogP contribution in [0.15, 0.2) is 41.7 Å². The van der Waals surface area contributed by atoms with E-state index in [9.17, 15) is 0 Å². The Morgan fingerprint density at radius 1 is 1.24 bits per heavy atom. The third-order valence-electron chi connectivity index (χ3n) is 2.90. The Morgan fingerprint density at radius 3 is 2.90 bits per heavy atom. The van der Waals surface area contributed by atoms with Crippen LogP contribution in [0.25, 0.3) is 5.65 Å². The van der Waals surface area contributed by atoms with E-state index < -0.39 is 0 Å². The van der Waals surface area contributed by atoms with Gasteiger partial charge in [0.2, 0.25) is 0 Å². The van der Waals surface area contributed by atoms with Gasteiger partial charge in [0.1, 0.15) is 5.75 Å². The summed E-state index contributed by atoms with van der Waals surface area (Å²) >= 11 is 13.7. The summed E-state index contributed by atoms with van der Waals surface area (Å²) in [7, 11) is 1.66. The lowest BCUT2D eigenvalue weighted by atomic mass is 10.2. The number of benzene rings is 1. The maximum absolute atomic E-state index is 6.10. The van der Waals surface area contributed by atoms with Crippen LogP contribution in [-0.2, 0) is 5.75 Å². The molecule has 1 aromatic carbocycles. The van der Waals surface area contributed by atoms with E-state index in [4.69, 9.17) is 27.9 Å². The van der Waals surface area contributed by atoms with Gasteiger partial charge >= 0.3 is 0 Å². The molecule has 0 bridgehead atoms. The smallest absolute Gasteiger partial charge is 0.196 e. The maximum Gasteiger partial charge on any atom is 0.196 e. The average molecular weight is 340 g/mol. The molecule has 0 unspecified atom stereocenters. The number of methoxy groups -OCH3 is 1. The molecule has 3 aromatic rings. The topological polar surface area (TPSA) is 39.4 Å². The zero-order chi connectivity index (χ0) is 14.8. The van der Waals surface area contributed by atoms with Crippen LogP contribution in [0, 0.1) is 0 Å². The van der Waals surface area contributed by atoms with Crippen molar-refractivity contribution in [3.05, 3.63) is 52.1 Å². The second-order valence-electron chi connectivity index (χ2n) is 4.32. The molecular formula is C14H11Cl2N3OS. The lowest BCUT2D eigenvalue weighted by molar-refractivity contribution is 0.414. The first-order chi connectivity index (χ1) is 10.2. The van der Waals surface area contributed by atoms with Crippen LogP contribution in [0.4, 0.5) is 0 Å². The Hall–Kier alpha value is -1.43. The normalized spacial score (nSPS) is 11.0. The van der Waals surface area contributed by atoms with E-state index in [0.717, 1.165) is 22.2 Å². The van der Waals surface area contributed by atoms with Gasteiger partial charge in [0.25, 0.3) is 0 Å². The molecule has 0 radical (unpaired) electrons. The van der Waals surface area contributed by atoms with Gasteiger partial charge in [-0.2, -0.15) is 0 Å². The molecule has 0 aliphatic carbocycles. The molecule has 4 nitrogen and oxygen atoms in total. The fourth-order valence-corrected chi connectivity index (χ4v) is 3.27. The van der Waals surface area contributed by atoms with E-state index in [1.807, 2.05) is 24.3 Å². The molecule has 0 saturated heterocycles. The maximum atomic E-state index is 6.10. The number of nitrogens with zero attached hydrogens (tertiary/aromatic N) is 3. The third-order valence-corrected chi connectivity index (χ3v) is 4.40. The van der Waals surface area contributed by atoms with Gasteiger partial charge < -0.3 is 4.74 Å². The SMILES string of the molecule is COc1cccc(CSc2nnc3c(Cl)cc(Cl)cn23)c1. The van der Waals surface area contributed by atoms with Gasteiger partial charge in [0.15, 0.2) is 10.8 Å². The highest BCUT2D eigenvalue weighted by Crippen LogP contribution is 2.27. The largest absolute Gasteiger partial charge is 0.497 e. The molecular weight excluding hydrogens is 329 g/mol. The first-order valence-corrected chi connectivity index (χ1v) is 7.87. The molecule has 21 heavy (non-hydrogen) atoms. The van der Waals surface area contributed by atoms with Gasteiger partial charge in [-0.1, -0.05) is 47.1 Å². The number of rotatable bonds is 4. The van der Waals surface area contributed by atoms with Crippen molar-refractivity contribution >= 4 is 40.6 Å². The Kier molecular flexibility index (Phi) is 4.24. The van der Waals surface area contributed by atoms with Crippen LogP contribution in [0.5, 0.6) is 5.75 Å². The van der Waals surface area contributed by atoms with Crippen LogP contribution in [0.3, 0.4) is 0 Å². The summed E-state index contributed by atoms with van der Waals surface area (Å²) in [6, 6.07) is 9.57. The van der Waals surface area contributed by atoms with Crippen LogP contribution in [0.1, 0.15) is 5.56 Å². The van der Waals surface area contributed by atoms with Crippen molar-refractivity contribution < 1.29 is 4.74 Å². The Labute approximate surface area is 136 Å². The predicted octanol–water partition coefficient (Wildman–Crippen LogP) is 4.34. The van der Waals surface area contributed by atoms with Crippen molar-refractivity contribution in [1.82, 2.24) is 14.6 Å². The van der Waals surface area contributed by atoms with E-state index in [1.54, 1.807) is 35.5 Å². The van der Waals surface area contributed by atoms with E-state index in [0.29, 0.717) is 15.7 Å². The zero-order valence-corrected chi connectivity index (χ0v) is 13.4. The molecule has 0 atom stereocenters. The minimum Gasteiger partial charge on any atom is -0.497 e.